The van der Waals surface area contributed by atoms with Crippen LogP contribution in [0.1, 0.15) is 20.3 Å². The van der Waals surface area contributed by atoms with Gasteiger partial charge in [0.25, 0.3) is 0 Å². The van der Waals surface area contributed by atoms with Crippen molar-refractivity contribution in [3.63, 3.8) is 0 Å². The summed E-state index contributed by atoms with van der Waals surface area (Å²) in [6.45, 7) is 4.62. The molecule has 0 bridgehead atoms. The summed E-state index contributed by atoms with van der Waals surface area (Å²) in [5, 5.41) is 0.944. The molecule has 0 spiro atoms. The lowest BCUT2D eigenvalue weighted by Crippen LogP contribution is -2.05. The minimum Gasteiger partial charge on any atom is -0.0938 e. The Kier molecular flexibility index (Phi) is 2.57. The highest BCUT2D eigenvalue weighted by atomic mass is 33.1. The van der Waals surface area contributed by atoms with Gasteiger partial charge < -0.3 is 0 Å². The highest BCUT2D eigenvalue weighted by molar-refractivity contribution is 8.77. The molecule has 0 aromatic heterocycles. The highest BCUT2D eigenvalue weighted by Crippen LogP contribution is 2.40. The second kappa shape index (κ2) is 3.02. The Hall–Kier alpha value is 0.700. The monoisotopic (exact) mass is 148 g/mol. The molecular formula is C6H12S2. The maximum absolute atomic E-state index is 2.31. The van der Waals surface area contributed by atoms with Crippen molar-refractivity contribution in [1.29, 1.82) is 0 Å². The van der Waals surface area contributed by atoms with Crippen molar-refractivity contribution in [3.8, 4) is 0 Å². The minimum absolute atomic E-state index is 0.884. The maximum atomic E-state index is 2.31. The molecule has 0 aromatic rings. The fourth-order valence-corrected chi connectivity index (χ4v) is 4.06. The van der Waals surface area contributed by atoms with Crippen LogP contribution in [0.2, 0.25) is 0 Å². The lowest BCUT2D eigenvalue weighted by Gasteiger charge is -2.09. The molecule has 0 saturated carbocycles. The van der Waals surface area contributed by atoms with Crippen LogP contribution in [0.15, 0.2) is 0 Å². The molecule has 0 N–H and O–H groups in total. The lowest BCUT2D eigenvalue weighted by atomic mass is 10.1. The molecule has 1 fully saturated rings. The first-order valence-electron chi connectivity index (χ1n) is 3.09. The third kappa shape index (κ3) is 1.59. The largest absolute Gasteiger partial charge is 0.0938 e. The Labute approximate surface area is 59.2 Å². The van der Waals surface area contributed by atoms with Crippen LogP contribution < -0.4 is 0 Å². The van der Waals surface area contributed by atoms with E-state index in [9.17, 15) is 0 Å². The van der Waals surface area contributed by atoms with Crippen LogP contribution in [0.4, 0.5) is 0 Å². The van der Waals surface area contributed by atoms with Crippen molar-refractivity contribution in [3.05, 3.63) is 0 Å². The number of hydrogen-bond acceptors (Lipinski definition) is 2. The average molecular weight is 148 g/mol. The van der Waals surface area contributed by atoms with Gasteiger partial charge in [0, 0.05) is 11.0 Å². The molecule has 1 aliphatic rings. The van der Waals surface area contributed by atoms with E-state index in [2.05, 4.69) is 24.6 Å². The van der Waals surface area contributed by atoms with Gasteiger partial charge in [-0.1, -0.05) is 35.4 Å². The van der Waals surface area contributed by atoms with Crippen LogP contribution >= 0.6 is 21.6 Å². The fourth-order valence-electron chi connectivity index (χ4n) is 0.792. The summed E-state index contributed by atoms with van der Waals surface area (Å²) in [5.74, 6) is 2.25. The molecule has 1 rings (SSSR count). The summed E-state index contributed by atoms with van der Waals surface area (Å²) in [6, 6.07) is 0. The molecule has 1 heterocycles. The molecule has 0 amide bonds. The summed E-state index contributed by atoms with van der Waals surface area (Å²) in [4.78, 5) is 0. The third-order valence-corrected chi connectivity index (χ3v) is 4.64. The first kappa shape index (κ1) is 6.81. The first-order valence-corrected chi connectivity index (χ1v) is 5.47. The molecule has 0 unspecified atom stereocenters. The SMILES string of the molecule is CC(C)[C@@H]1CCSS1. The smallest absolute Gasteiger partial charge is 0.0182 e. The van der Waals surface area contributed by atoms with Gasteiger partial charge in [0.1, 0.15) is 0 Å². The molecule has 0 nitrogen and oxygen atoms in total. The topological polar surface area (TPSA) is 0 Å². The molecule has 1 aliphatic heterocycles. The molecule has 0 aliphatic carbocycles. The van der Waals surface area contributed by atoms with Gasteiger partial charge in [0.15, 0.2) is 0 Å². The van der Waals surface area contributed by atoms with Gasteiger partial charge in [0.2, 0.25) is 0 Å². The molecule has 0 aromatic carbocycles. The van der Waals surface area contributed by atoms with E-state index < -0.39 is 0 Å². The quantitative estimate of drug-likeness (QED) is 0.524. The predicted octanol–water partition coefficient (Wildman–Crippen LogP) is 2.80. The molecule has 2 heteroatoms. The van der Waals surface area contributed by atoms with Crippen molar-refractivity contribution in [1.82, 2.24) is 0 Å². The second-order valence-corrected chi connectivity index (χ2v) is 5.22. The van der Waals surface area contributed by atoms with Crippen LogP contribution in [-0.2, 0) is 0 Å². The minimum atomic E-state index is 0.884. The summed E-state index contributed by atoms with van der Waals surface area (Å²) < 4.78 is 0. The van der Waals surface area contributed by atoms with Crippen LogP contribution in [-0.4, -0.2) is 11.0 Å². The molecular weight excluding hydrogens is 136 g/mol. The van der Waals surface area contributed by atoms with E-state index in [0.717, 1.165) is 11.2 Å². The summed E-state index contributed by atoms with van der Waals surface area (Å²) in [5.41, 5.74) is 0. The van der Waals surface area contributed by atoms with Gasteiger partial charge in [-0.25, -0.2) is 0 Å². The van der Waals surface area contributed by atoms with Crippen molar-refractivity contribution < 1.29 is 0 Å². The Morgan fingerprint density at radius 2 is 2.25 bits per heavy atom. The zero-order valence-electron chi connectivity index (χ0n) is 5.39. The molecule has 48 valence electrons. The number of hydrogen-bond donors (Lipinski definition) is 0. The Morgan fingerprint density at radius 3 is 2.50 bits per heavy atom. The van der Waals surface area contributed by atoms with Gasteiger partial charge >= 0.3 is 0 Å². The zero-order chi connectivity index (χ0) is 5.98. The fraction of sp³-hybridized carbons (Fsp3) is 1.00. The molecule has 0 radical (unpaired) electrons. The predicted molar refractivity (Wildman–Crippen MR) is 43.3 cm³/mol. The van der Waals surface area contributed by atoms with E-state index >= 15 is 0 Å². The van der Waals surface area contributed by atoms with Gasteiger partial charge in [-0.2, -0.15) is 0 Å². The maximum Gasteiger partial charge on any atom is 0.0182 e. The summed E-state index contributed by atoms with van der Waals surface area (Å²) in [6.07, 6.45) is 1.42. The highest BCUT2D eigenvalue weighted by Gasteiger charge is 2.18. The van der Waals surface area contributed by atoms with Gasteiger partial charge in [-0.05, 0) is 12.3 Å². The van der Waals surface area contributed by atoms with Crippen LogP contribution in [0.25, 0.3) is 0 Å². The molecule has 8 heavy (non-hydrogen) atoms. The van der Waals surface area contributed by atoms with E-state index in [-0.39, 0.29) is 0 Å². The van der Waals surface area contributed by atoms with Gasteiger partial charge in [0.05, 0.1) is 0 Å². The number of rotatable bonds is 1. The zero-order valence-corrected chi connectivity index (χ0v) is 7.02. The van der Waals surface area contributed by atoms with Crippen LogP contribution in [0.5, 0.6) is 0 Å². The van der Waals surface area contributed by atoms with E-state index in [0.29, 0.717) is 0 Å². The van der Waals surface area contributed by atoms with Gasteiger partial charge in [-0.3, -0.25) is 0 Å². The Morgan fingerprint density at radius 1 is 1.50 bits per heavy atom. The van der Waals surface area contributed by atoms with Crippen molar-refractivity contribution in [2.45, 2.75) is 25.5 Å². The van der Waals surface area contributed by atoms with Crippen molar-refractivity contribution in [2.24, 2.45) is 5.92 Å². The summed E-state index contributed by atoms with van der Waals surface area (Å²) >= 11 is 0. The lowest BCUT2D eigenvalue weighted by molar-refractivity contribution is 0.603. The Balaban J connectivity index is 2.24. The standard InChI is InChI=1S/C6H12S2/c1-5(2)6-3-4-7-8-6/h5-6H,3-4H2,1-2H3/t6-/m0/s1. The Bertz CT molecular complexity index is 64.9. The van der Waals surface area contributed by atoms with E-state index in [4.69, 9.17) is 0 Å². The van der Waals surface area contributed by atoms with E-state index in [1.165, 1.54) is 12.2 Å². The summed E-state index contributed by atoms with van der Waals surface area (Å²) in [7, 11) is 4.09. The van der Waals surface area contributed by atoms with Gasteiger partial charge in [-0.15, -0.1) is 0 Å². The second-order valence-electron chi connectivity index (χ2n) is 2.49. The van der Waals surface area contributed by atoms with E-state index in [1.807, 2.05) is 10.8 Å². The molecule has 1 atom stereocenters. The molecule has 1 saturated heterocycles. The first-order chi connectivity index (χ1) is 3.80. The normalized spacial score (nSPS) is 29.6. The van der Waals surface area contributed by atoms with Crippen LogP contribution in [0.3, 0.4) is 0 Å². The van der Waals surface area contributed by atoms with E-state index in [1.54, 1.807) is 0 Å². The average Bonchev–Trinajstić information content (AvgIpc) is 2.12. The van der Waals surface area contributed by atoms with Crippen LogP contribution in [0, 0.1) is 5.92 Å². The van der Waals surface area contributed by atoms with Crippen molar-refractivity contribution in [2.75, 3.05) is 5.75 Å². The van der Waals surface area contributed by atoms with Crippen molar-refractivity contribution >= 4 is 21.6 Å². The third-order valence-electron chi connectivity index (χ3n) is 1.42.